The third kappa shape index (κ3) is 2.20. The van der Waals surface area contributed by atoms with Crippen LogP contribution in [0, 0.1) is 11.8 Å². The number of hydrogen-bond acceptors (Lipinski definition) is 2. The van der Waals surface area contributed by atoms with Crippen LogP contribution in [0.4, 0.5) is 0 Å². The molecule has 0 radical (unpaired) electrons. The average Bonchev–Trinajstić information content (AvgIpc) is 1.94. The Morgan fingerprint density at radius 3 is 2.33 bits per heavy atom. The zero-order valence-corrected chi connectivity index (χ0v) is 8.76. The van der Waals surface area contributed by atoms with Gasteiger partial charge in [-0.2, -0.15) is 0 Å². The summed E-state index contributed by atoms with van der Waals surface area (Å²) in [4.78, 5) is 0. The van der Waals surface area contributed by atoms with Crippen molar-refractivity contribution in [3.63, 3.8) is 0 Å². The molecule has 0 spiro atoms. The minimum Gasteiger partial charge on any atom is -0.350 e. The molecule has 1 aliphatic heterocycles. The lowest BCUT2D eigenvalue weighted by Gasteiger charge is -2.41. The molecule has 0 unspecified atom stereocenters. The van der Waals surface area contributed by atoms with Gasteiger partial charge in [0.25, 0.3) is 0 Å². The topological polar surface area (TPSA) is 18.5 Å². The highest BCUT2D eigenvalue weighted by molar-refractivity contribution is 4.76. The second-order valence-electron chi connectivity index (χ2n) is 4.51. The van der Waals surface area contributed by atoms with Crippen molar-refractivity contribution in [3.05, 3.63) is 0 Å². The van der Waals surface area contributed by atoms with Gasteiger partial charge in [0.2, 0.25) is 0 Å². The number of hydrogen-bond donors (Lipinski definition) is 0. The molecule has 0 bridgehead atoms. The zero-order chi connectivity index (χ0) is 9.35. The first-order valence-corrected chi connectivity index (χ1v) is 4.74. The van der Waals surface area contributed by atoms with Crippen molar-refractivity contribution in [1.29, 1.82) is 0 Å². The van der Waals surface area contributed by atoms with Gasteiger partial charge in [0.05, 0.1) is 12.7 Å². The van der Waals surface area contributed by atoms with Crippen LogP contribution in [0.15, 0.2) is 0 Å². The Kier molecular flexibility index (Phi) is 2.79. The van der Waals surface area contributed by atoms with Gasteiger partial charge in [-0.1, -0.05) is 20.8 Å². The van der Waals surface area contributed by atoms with Gasteiger partial charge in [-0.25, -0.2) is 0 Å². The summed E-state index contributed by atoms with van der Waals surface area (Å²) in [5.74, 6) is 0.697. The highest BCUT2D eigenvalue weighted by Crippen LogP contribution is 2.29. The maximum atomic E-state index is 5.83. The Morgan fingerprint density at radius 2 is 1.92 bits per heavy atom. The molecule has 1 fully saturated rings. The summed E-state index contributed by atoms with van der Waals surface area (Å²) in [5, 5.41) is 0. The predicted octanol–water partition coefficient (Wildman–Crippen LogP) is 2.43. The monoisotopic (exact) mass is 172 g/mol. The largest absolute Gasteiger partial charge is 0.350 e. The minimum absolute atomic E-state index is 0.341. The molecule has 0 aromatic heterocycles. The quantitative estimate of drug-likeness (QED) is 0.604. The lowest BCUT2D eigenvalue weighted by molar-refractivity contribution is -0.298. The Bertz CT molecular complexity index is 152. The van der Waals surface area contributed by atoms with E-state index in [4.69, 9.17) is 9.47 Å². The SMILES string of the molecule is CC(C)[C@@H]1OC(C)(C)OC[C@H]1C. The summed E-state index contributed by atoms with van der Waals surface area (Å²) in [7, 11) is 0. The predicted molar refractivity (Wildman–Crippen MR) is 48.9 cm³/mol. The van der Waals surface area contributed by atoms with E-state index in [0.29, 0.717) is 17.9 Å². The van der Waals surface area contributed by atoms with Crippen LogP contribution in [0.2, 0.25) is 0 Å². The molecule has 0 saturated carbocycles. The van der Waals surface area contributed by atoms with Crippen molar-refractivity contribution in [3.8, 4) is 0 Å². The molecule has 0 aliphatic carbocycles. The Morgan fingerprint density at radius 1 is 1.33 bits per heavy atom. The summed E-state index contributed by atoms with van der Waals surface area (Å²) in [6, 6.07) is 0. The molecule has 1 rings (SSSR count). The molecule has 0 N–H and O–H groups in total. The van der Waals surface area contributed by atoms with E-state index in [1.54, 1.807) is 0 Å². The van der Waals surface area contributed by atoms with Gasteiger partial charge in [-0.05, 0) is 19.8 Å². The lowest BCUT2D eigenvalue weighted by Crippen LogP contribution is -2.46. The van der Waals surface area contributed by atoms with Gasteiger partial charge in [0, 0.05) is 5.92 Å². The Hall–Kier alpha value is -0.0800. The van der Waals surface area contributed by atoms with Gasteiger partial charge in [0.15, 0.2) is 5.79 Å². The second-order valence-corrected chi connectivity index (χ2v) is 4.51. The highest BCUT2D eigenvalue weighted by Gasteiger charge is 2.35. The molecule has 2 nitrogen and oxygen atoms in total. The van der Waals surface area contributed by atoms with Gasteiger partial charge in [0.1, 0.15) is 0 Å². The van der Waals surface area contributed by atoms with Crippen LogP contribution in [-0.2, 0) is 9.47 Å². The molecule has 1 aliphatic rings. The van der Waals surface area contributed by atoms with Crippen LogP contribution in [0.3, 0.4) is 0 Å². The lowest BCUT2D eigenvalue weighted by atomic mass is 9.94. The maximum absolute atomic E-state index is 5.83. The van der Waals surface area contributed by atoms with E-state index in [1.807, 2.05) is 13.8 Å². The summed E-state index contributed by atoms with van der Waals surface area (Å²) in [6.07, 6.45) is 0.341. The number of rotatable bonds is 1. The summed E-state index contributed by atoms with van der Waals surface area (Å²) in [6.45, 7) is 11.4. The van der Waals surface area contributed by atoms with Crippen LogP contribution in [0.25, 0.3) is 0 Å². The first-order chi connectivity index (χ1) is 5.42. The molecular formula is C10H20O2. The Balaban J connectivity index is 2.59. The Labute approximate surface area is 75.2 Å². The van der Waals surface area contributed by atoms with Crippen molar-refractivity contribution in [1.82, 2.24) is 0 Å². The molecule has 1 saturated heterocycles. The fraction of sp³-hybridized carbons (Fsp3) is 1.00. The van der Waals surface area contributed by atoms with E-state index in [2.05, 4.69) is 20.8 Å². The molecule has 2 atom stereocenters. The van der Waals surface area contributed by atoms with Gasteiger partial charge in [-0.15, -0.1) is 0 Å². The van der Waals surface area contributed by atoms with Crippen LogP contribution in [0.1, 0.15) is 34.6 Å². The van der Waals surface area contributed by atoms with Crippen molar-refractivity contribution in [2.75, 3.05) is 6.61 Å². The van der Waals surface area contributed by atoms with E-state index in [-0.39, 0.29) is 5.79 Å². The van der Waals surface area contributed by atoms with Crippen LogP contribution < -0.4 is 0 Å². The normalized spacial score (nSPS) is 35.5. The first-order valence-electron chi connectivity index (χ1n) is 4.74. The summed E-state index contributed by atoms with van der Waals surface area (Å²) in [5.41, 5.74) is 0. The van der Waals surface area contributed by atoms with Crippen molar-refractivity contribution in [2.24, 2.45) is 11.8 Å². The maximum Gasteiger partial charge on any atom is 0.163 e. The van der Waals surface area contributed by atoms with Gasteiger partial charge < -0.3 is 9.47 Å². The molecule has 0 aromatic rings. The third-order valence-corrected chi connectivity index (χ3v) is 2.33. The molecule has 72 valence electrons. The molecule has 2 heteroatoms. The van der Waals surface area contributed by atoms with Crippen LogP contribution >= 0.6 is 0 Å². The smallest absolute Gasteiger partial charge is 0.163 e. The fourth-order valence-corrected chi connectivity index (χ4v) is 1.70. The van der Waals surface area contributed by atoms with Crippen molar-refractivity contribution in [2.45, 2.75) is 46.5 Å². The zero-order valence-electron chi connectivity index (χ0n) is 8.76. The molecular weight excluding hydrogens is 152 g/mol. The van der Waals surface area contributed by atoms with Crippen LogP contribution in [-0.4, -0.2) is 18.5 Å². The van der Waals surface area contributed by atoms with Crippen LogP contribution in [0.5, 0.6) is 0 Å². The minimum atomic E-state index is -0.387. The molecule has 0 aromatic carbocycles. The number of ether oxygens (including phenoxy) is 2. The molecule has 1 heterocycles. The van der Waals surface area contributed by atoms with Crippen molar-refractivity contribution < 1.29 is 9.47 Å². The van der Waals surface area contributed by atoms with E-state index in [1.165, 1.54) is 0 Å². The van der Waals surface area contributed by atoms with Gasteiger partial charge >= 0.3 is 0 Å². The van der Waals surface area contributed by atoms with E-state index >= 15 is 0 Å². The van der Waals surface area contributed by atoms with E-state index in [9.17, 15) is 0 Å². The van der Waals surface area contributed by atoms with E-state index in [0.717, 1.165) is 6.61 Å². The second kappa shape index (κ2) is 3.35. The standard InChI is InChI=1S/C10H20O2/c1-7(2)9-8(3)6-11-10(4,5)12-9/h7-9H,6H2,1-5H3/t8-,9+/m1/s1. The average molecular weight is 172 g/mol. The molecule has 12 heavy (non-hydrogen) atoms. The fourth-order valence-electron chi connectivity index (χ4n) is 1.70. The molecule has 0 amide bonds. The van der Waals surface area contributed by atoms with Gasteiger partial charge in [-0.3, -0.25) is 0 Å². The van der Waals surface area contributed by atoms with E-state index < -0.39 is 0 Å². The third-order valence-electron chi connectivity index (χ3n) is 2.33. The first kappa shape index (κ1) is 10.0. The highest BCUT2D eigenvalue weighted by atomic mass is 16.7. The summed E-state index contributed by atoms with van der Waals surface area (Å²) < 4.78 is 11.4. The summed E-state index contributed by atoms with van der Waals surface area (Å²) >= 11 is 0. The van der Waals surface area contributed by atoms with Crippen molar-refractivity contribution >= 4 is 0 Å².